The summed E-state index contributed by atoms with van der Waals surface area (Å²) in [6, 6.07) is 10.5. The topological polar surface area (TPSA) is 93.4 Å². The average molecular weight is 402 g/mol. The van der Waals surface area contributed by atoms with Crippen LogP contribution in [0.1, 0.15) is 22.8 Å². The number of hydrogen-bond donors (Lipinski definition) is 3. The lowest BCUT2D eigenvalue weighted by atomic mass is 10.0. The molecule has 25 heavy (non-hydrogen) atoms. The van der Waals surface area contributed by atoms with E-state index in [2.05, 4.69) is 26.6 Å². The van der Waals surface area contributed by atoms with Gasteiger partial charge in [0, 0.05) is 32.8 Å². The van der Waals surface area contributed by atoms with E-state index < -0.39 is 5.97 Å². The summed E-state index contributed by atoms with van der Waals surface area (Å²) in [5, 5.41) is 5.99. The largest absolute Gasteiger partial charge is 0.465 e. The Bertz CT molecular complexity index is 922. The number of rotatable bonds is 3. The second kappa shape index (κ2) is 6.60. The maximum absolute atomic E-state index is 12.3. The number of hydrogen-bond acceptors (Lipinski definition) is 5. The number of benzene rings is 2. The summed E-state index contributed by atoms with van der Waals surface area (Å²) in [6.45, 7) is 1.80. The third-order valence-electron chi connectivity index (χ3n) is 3.87. The number of esters is 1. The normalized spacial score (nSPS) is 14.6. The Kier molecular flexibility index (Phi) is 4.50. The number of allylic oxidation sites excluding steroid dienone is 1. The van der Waals surface area contributed by atoms with Crippen LogP contribution in [0.25, 0.3) is 5.57 Å². The van der Waals surface area contributed by atoms with Gasteiger partial charge in [0.2, 0.25) is 0 Å². The van der Waals surface area contributed by atoms with Gasteiger partial charge >= 0.3 is 5.97 Å². The molecule has 1 heterocycles. The maximum Gasteiger partial charge on any atom is 0.339 e. The number of nitrogens with two attached hydrogens (primary N) is 1. The molecule has 7 heteroatoms. The van der Waals surface area contributed by atoms with Crippen molar-refractivity contribution in [3.05, 3.63) is 57.7 Å². The lowest BCUT2D eigenvalue weighted by Crippen LogP contribution is -2.09. The molecule has 128 valence electrons. The van der Waals surface area contributed by atoms with E-state index in [0.717, 1.165) is 11.3 Å². The molecule has 3 rings (SSSR count). The highest BCUT2D eigenvalue weighted by molar-refractivity contribution is 9.10. The molecule has 0 spiro atoms. The molecule has 1 amide bonds. The number of nitrogen functional groups attached to an aromatic ring is 1. The predicted octanol–water partition coefficient (Wildman–Crippen LogP) is 3.61. The van der Waals surface area contributed by atoms with Gasteiger partial charge in [0.25, 0.3) is 5.91 Å². The zero-order valence-electron chi connectivity index (χ0n) is 13.6. The molecule has 0 atom stereocenters. The van der Waals surface area contributed by atoms with Gasteiger partial charge in [-0.1, -0.05) is 0 Å². The van der Waals surface area contributed by atoms with E-state index in [4.69, 9.17) is 10.5 Å². The number of amides is 1. The van der Waals surface area contributed by atoms with Crippen molar-refractivity contribution < 1.29 is 14.3 Å². The first-order valence-electron chi connectivity index (χ1n) is 7.47. The first kappa shape index (κ1) is 17.0. The Morgan fingerprint density at radius 3 is 2.72 bits per heavy atom. The lowest BCUT2D eigenvalue weighted by Gasteiger charge is -2.12. The fraction of sp³-hybridized carbons (Fsp3) is 0.111. The molecule has 4 N–H and O–H groups in total. The summed E-state index contributed by atoms with van der Waals surface area (Å²) < 4.78 is 5.40. The standard InChI is InChI=1S/C18H16BrN3O3/c1-9(16-13-7-10(20)3-6-15(13)22-17(16)23)21-11-4-5-14(19)12(8-11)18(24)25-2/h3-8,21H,20H2,1-2H3,(H,22,23). The summed E-state index contributed by atoms with van der Waals surface area (Å²) in [6.07, 6.45) is 0. The minimum absolute atomic E-state index is 0.198. The first-order valence-corrected chi connectivity index (χ1v) is 8.27. The Morgan fingerprint density at radius 1 is 1.24 bits per heavy atom. The van der Waals surface area contributed by atoms with E-state index in [9.17, 15) is 9.59 Å². The smallest absolute Gasteiger partial charge is 0.339 e. The Labute approximate surface area is 153 Å². The second-order valence-corrected chi connectivity index (χ2v) is 6.42. The van der Waals surface area contributed by atoms with Gasteiger partial charge in [-0.05, 0) is 59.3 Å². The molecule has 0 fully saturated rings. The highest BCUT2D eigenvalue weighted by Crippen LogP contribution is 2.35. The molecule has 1 aliphatic heterocycles. The molecule has 0 bridgehead atoms. The average Bonchev–Trinajstić information content (AvgIpc) is 2.91. The van der Waals surface area contributed by atoms with Crippen molar-refractivity contribution in [2.45, 2.75) is 6.92 Å². The Morgan fingerprint density at radius 2 is 2.00 bits per heavy atom. The van der Waals surface area contributed by atoms with Crippen molar-refractivity contribution >= 4 is 50.4 Å². The summed E-state index contributed by atoms with van der Waals surface area (Å²) in [4.78, 5) is 24.1. The van der Waals surface area contributed by atoms with Gasteiger partial charge < -0.3 is 21.1 Å². The highest BCUT2D eigenvalue weighted by atomic mass is 79.9. The number of nitrogens with one attached hydrogen (secondary N) is 2. The van der Waals surface area contributed by atoms with Crippen molar-refractivity contribution in [3.63, 3.8) is 0 Å². The number of methoxy groups -OCH3 is 1. The summed E-state index contributed by atoms with van der Waals surface area (Å²) in [5.74, 6) is -0.645. The van der Waals surface area contributed by atoms with Gasteiger partial charge in [0.15, 0.2) is 0 Å². The van der Waals surface area contributed by atoms with Crippen molar-refractivity contribution in [2.24, 2.45) is 0 Å². The molecule has 0 saturated heterocycles. The zero-order chi connectivity index (χ0) is 18.1. The molecular weight excluding hydrogens is 386 g/mol. The fourth-order valence-corrected chi connectivity index (χ4v) is 3.11. The quantitative estimate of drug-likeness (QED) is 0.414. The number of fused-ring (bicyclic) bond motifs is 1. The number of carbonyl (C=O) groups is 2. The van der Waals surface area contributed by atoms with E-state index in [1.165, 1.54) is 7.11 Å². The predicted molar refractivity (Wildman–Crippen MR) is 101 cm³/mol. The van der Waals surface area contributed by atoms with E-state index in [1.54, 1.807) is 43.3 Å². The van der Waals surface area contributed by atoms with Crippen LogP contribution in [-0.4, -0.2) is 19.0 Å². The number of halogens is 1. The highest BCUT2D eigenvalue weighted by Gasteiger charge is 2.26. The Hall–Kier alpha value is -2.80. The van der Waals surface area contributed by atoms with E-state index in [-0.39, 0.29) is 5.91 Å². The molecule has 1 aliphatic rings. The first-order chi connectivity index (χ1) is 11.9. The minimum atomic E-state index is -0.447. The number of carbonyl (C=O) groups excluding carboxylic acids is 2. The van der Waals surface area contributed by atoms with Gasteiger partial charge in [0.05, 0.1) is 18.2 Å². The van der Waals surface area contributed by atoms with E-state index in [0.29, 0.717) is 32.7 Å². The molecule has 2 aromatic carbocycles. The SMILES string of the molecule is COC(=O)c1cc(NC(C)=C2C(=O)Nc3ccc(N)cc32)ccc1Br. The van der Waals surface area contributed by atoms with Gasteiger partial charge in [0.1, 0.15) is 0 Å². The minimum Gasteiger partial charge on any atom is -0.465 e. The van der Waals surface area contributed by atoms with Crippen LogP contribution in [0, 0.1) is 0 Å². The molecule has 0 radical (unpaired) electrons. The van der Waals surface area contributed by atoms with E-state index >= 15 is 0 Å². The van der Waals surface area contributed by atoms with Crippen LogP contribution in [0.2, 0.25) is 0 Å². The van der Waals surface area contributed by atoms with Crippen molar-refractivity contribution in [2.75, 3.05) is 23.5 Å². The fourth-order valence-electron chi connectivity index (χ4n) is 2.71. The maximum atomic E-state index is 12.3. The van der Waals surface area contributed by atoms with Crippen LogP contribution in [0.3, 0.4) is 0 Å². The molecule has 6 nitrogen and oxygen atoms in total. The van der Waals surface area contributed by atoms with E-state index in [1.807, 2.05) is 0 Å². The monoisotopic (exact) mass is 401 g/mol. The third-order valence-corrected chi connectivity index (χ3v) is 4.56. The van der Waals surface area contributed by atoms with Gasteiger partial charge in [-0.15, -0.1) is 0 Å². The van der Waals surface area contributed by atoms with Crippen molar-refractivity contribution in [1.82, 2.24) is 0 Å². The number of ether oxygens (including phenoxy) is 1. The van der Waals surface area contributed by atoms with Gasteiger partial charge in [-0.2, -0.15) is 0 Å². The zero-order valence-corrected chi connectivity index (χ0v) is 15.2. The van der Waals surface area contributed by atoms with Crippen LogP contribution < -0.4 is 16.4 Å². The van der Waals surface area contributed by atoms with Crippen molar-refractivity contribution in [1.29, 1.82) is 0 Å². The molecule has 0 aliphatic carbocycles. The molecule has 2 aromatic rings. The van der Waals surface area contributed by atoms with Crippen molar-refractivity contribution in [3.8, 4) is 0 Å². The van der Waals surface area contributed by atoms with Crippen LogP contribution in [0.4, 0.5) is 17.1 Å². The van der Waals surface area contributed by atoms with Crippen LogP contribution in [0.15, 0.2) is 46.6 Å². The van der Waals surface area contributed by atoms with Crippen LogP contribution >= 0.6 is 15.9 Å². The summed E-state index contributed by atoms with van der Waals surface area (Å²) in [5.41, 5.74) is 10.1. The molecular formula is C18H16BrN3O3. The molecule has 0 saturated carbocycles. The summed E-state index contributed by atoms with van der Waals surface area (Å²) in [7, 11) is 1.33. The van der Waals surface area contributed by atoms with Crippen LogP contribution in [0.5, 0.6) is 0 Å². The van der Waals surface area contributed by atoms with Crippen LogP contribution in [-0.2, 0) is 9.53 Å². The van der Waals surface area contributed by atoms with Gasteiger partial charge in [-0.3, -0.25) is 4.79 Å². The molecule has 0 aromatic heterocycles. The second-order valence-electron chi connectivity index (χ2n) is 5.57. The number of anilines is 3. The third kappa shape index (κ3) is 3.23. The molecule has 0 unspecified atom stereocenters. The Balaban J connectivity index is 1.99. The summed E-state index contributed by atoms with van der Waals surface area (Å²) >= 11 is 3.32. The lowest BCUT2D eigenvalue weighted by molar-refractivity contribution is -0.110. The van der Waals surface area contributed by atoms with Gasteiger partial charge in [-0.25, -0.2) is 4.79 Å².